The summed E-state index contributed by atoms with van der Waals surface area (Å²) in [6.45, 7) is 3.91. The van der Waals surface area contributed by atoms with E-state index < -0.39 is 10.0 Å². The van der Waals surface area contributed by atoms with Crippen molar-refractivity contribution in [3.8, 4) is 0 Å². The van der Waals surface area contributed by atoms with E-state index >= 15 is 0 Å². The highest BCUT2D eigenvalue weighted by molar-refractivity contribution is 7.89. The number of thiophene rings is 1. The van der Waals surface area contributed by atoms with Gasteiger partial charge in [-0.1, -0.05) is 6.07 Å². The minimum absolute atomic E-state index is 0.147. The van der Waals surface area contributed by atoms with Crippen LogP contribution in [0.4, 0.5) is 5.69 Å². The lowest BCUT2D eigenvalue weighted by atomic mass is 10.2. The molecule has 0 saturated carbocycles. The Hall–Kier alpha value is -1.70. The molecule has 0 spiro atoms. The zero-order chi connectivity index (χ0) is 16.5. The number of hydrogen-bond donors (Lipinski definition) is 1. The molecule has 0 radical (unpaired) electrons. The zero-order valence-corrected chi connectivity index (χ0v) is 14.5. The van der Waals surface area contributed by atoms with Gasteiger partial charge in [0.1, 0.15) is 0 Å². The van der Waals surface area contributed by atoms with Gasteiger partial charge < -0.3 is 5.32 Å². The molecule has 1 heterocycles. The Bertz CT molecular complexity index is 788. The third-order valence-electron chi connectivity index (χ3n) is 3.26. The van der Waals surface area contributed by atoms with Crippen molar-refractivity contribution in [2.45, 2.75) is 18.7 Å². The fourth-order valence-corrected chi connectivity index (χ4v) is 3.70. The van der Waals surface area contributed by atoms with Gasteiger partial charge in [0.2, 0.25) is 10.0 Å². The molecular weight excluding hydrogens is 320 g/mol. The summed E-state index contributed by atoms with van der Waals surface area (Å²) in [4.78, 5) is 14.1. The summed E-state index contributed by atoms with van der Waals surface area (Å²) in [5.41, 5.74) is 1.52. The third-order valence-corrected chi connectivity index (χ3v) is 6.22. The van der Waals surface area contributed by atoms with Crippen LogP contribution in [-0.4, -0.2) is 32.7 Å². The van der Waals surface area contributed by atoms with Crippen LogP contribution in [0, 0.1) is 13.8 Å². The van der Waals surface area contributed by atoms with E-state index in [1.165, 1.54) is 37.6 Å². The van der Waals surface area contributed by atoms with Crippen LogP contribution >= 0.6 is 11.3 Å². The molecule has 7 heteroatoms. The van der Waals surface area contributed by atoms with Crippen molar-refractivity contribution in [1.82, 2.24) is 4.31 Å². The van der Waals surface area contributed by atoms with Crippen molar-refractivity contribution >= 4 is 33.0 Å². The SMILES string of the molecule is Cc1cc(C(=O)Nc2cccc(S(=O)(=O)N(C)C)c2)sc1C. The molecular formula is C15H18N2O3S2. The molecule has 2 aromatic rings. The minimum atomic E-state index is -3.52. The van der Waals surface area contributed by atoms with Crippen LogP contribution in [0.25, 0.3) is 0 Å². The lowest BCUT2D eigenvalue weighted by Gasteiger charge is -2.12. The van der Waals surface area contributed by atoms with Gasteiger partial charge in [0.25, 0.3) is 5.91 Å². The summed E-state index contributed by atoms with van der Waals surface area (Å²) in [5, 5.41) is 2.74. The largest absolute Gasteiger partial charge is 0.321 e. The summed E-state index contributed by atoms with van der Waals surface area (Å²) in [6.07, 6.45) is 0. The average Bonchev–Trinajstić information content (AvgIpc) is 2.79. The van der Waals surface area contributed by atoms with Crippen LogP contribution in [0.3, 0.4) is 0 Å². The van der Waals surface area contributed by atoms with E-state index in [0.717, 1.165) is 14.7 Å². The monoisotopic (exact) mass is 338 g/mol. The normalized spacial score (nSPS) is 11.7. The zero-order valence-electron chi connectivity index (χ0n) is 12.9. The molecule has 1 N–H and O–H groups in total. The highest BCUT2D eigenvalue weighted by Gasteiger charge is 2.18. The van der Waals surface area contributed by atoms with E-state index in [0.29, 0.717) is 10.6 Å². The highest BCUT2D eigenvalue weighted by atomic mass is 32.2. The summed E-state index contributed by atoms with van der Waals surface area (Å²) < 4.78 is 25.3. The molecule has 0 atom stereocenters. The van der Waals surface area contributed by atoms with E-state index in [9.17, 15) is 13.2 Å². The standard InChI is InChI=1S/C15H18N2O3S2/c1-10-8-14(21-11(10)2)15(18)16-12-6-5-7-13(9-12)22(19,20)17(3)4/h5-9H,1-4H3,(H,16,18). The number of carbonyl (C=O) groups excluding carboxylic acids is 1. The number of rotatable bonds is 4. The summed E-state index contributed by atoms with van der Waals surface area (Å²) in [7, 11) is -0.578. The number of amides is 1. The molecule has 1 aromatic carbocycles. The number of hydrogen-bond acceptors (Lipinski definition) is 4. The first kappa shape index (κ1) is 16.7. The van der Waals surface area contributed by atoms with Gasteiger partial charge >= 0.3 is 0 Å². The molecule has 5 nitrogen and oxygen atoms in total. The van der Waals surface area contributed by atoms with Gasteiger partial charge in [-0.2, -0.15) is 0 Å². The first-order valence-corrected chi connectivity index (χ1v) is 8.88. The second-order valence-electron chi connectivity index (χ2n) is 5.12. The number of carbonyl (C=O) groups is 1. The van der Waals surface area contributed by atoms with Gasteiger partial charge in [-0.3, -0.25) is 4.79 Å². The van der Waals surface area contributed by atoms with Crippen molar-refractivity contribution in [3.63, 3.8) is 0 Å². The molecule has 1 amide bonds. The molecule has 0 fully saturated rings. The maximum atomic E-state index is 12.2. The molecule has 0 aliphatic carbocycles. The van der Waals surface area contributed by atoms with Gasteiger partial charge in [-0.25, -0.2) is 12.7 Å². The fourth-order valence-electron chi connectivity index (χ4n) is 1.82. The Kier molecular flexibility index (Phi) is 4.69. The summed E-state index contributed by atoms with van der Waals surface area (Å²) in [5.74, 6) is -0.236. The second-order valence-corrected chi connectivity index (χ2v) is 8.53. The van der Waals surface area contributed by atoms with E-state index in [2.05, 4.69) is 5.32 Å². The molecule has 2 rings (SSSR count). The van der Waals surface area contributed by atoms with Gasteiger partial charge in [-0.05, 0) is 43.7 Å². The lowest BCUT2D eigenvalue weighted by Crippen LogP contribution is -2.22. The van der Waals surface area contributed by atoms with Gasteiger partial charge in [-0.15, -0.1) is 11.3 Å². The number of nitrogens with one attached hydrogen (secondary N) is 1. The maximum absolute atomic E-state index is 12.2. The van der Waals surface area contributed by atoms with Gasteiger partial charge in [0.05, 0.1) is 9.77 Å². The van der Waals surface area contributed by atoms with Crippen molar-refractivity contribution < 1.29 is 13.2 Å². The van der Waals surface area contributed by atoms with Crippen molar-refractivity contribution in [3.05, 3.63) is 45.6 Å². The fraction of sp³-hybridized carbons (Fsp3) is 0.267. The number of benzene rings is 1. The average molecular weight is 338 g/mol. The lowest BCUT2D eigenvalue weighted by molar-refractivity contribution is 0.103. The molecule has 22 heavy (non-hydrogen) atoms. The smallest absolute Gasteiger partial charge is 0.265 e. The van der Waals surface area contributed by atoms with Crippen LogP contribution in [0.1, 0.15) is 20.1 Å². The molecule has 0 aliphatic rings. The Balaban J connectivity index is 2.26. The summed E-state index contributed by atoms with van der Waals surface area (Å²) in [6, 6.07) is 8.07. The van der Waals surface area contributed by atoms with Crippen molar-refractivity contribution in [2.75, 3.05) is 19.4 Å². The number of nitrogens with zero attached hydrogens (tertiary/aromatic N) is 1. The quantitative estimate of drug-likeness (QED) is 0.932. The first-order chi connectivity index (χ1) is 10.2. The molecule has 118 valence electrons. The number of anilines is 1. The number of aryl methyl sites for hydroxylation is 2. The minimum Gasteiger partial charge on any atom is -0.321 e. The summed E-state index contributed by atoms with van der Waals surface area (Å²) >= 11 is 1.42. The maximum Gasteiger partial charge on any atom is 0.265 e. The van der Waals surface area contributed by atoms with Crippen LogP contribution in [0.2, 0.25) is 0 Å². The number of sulfonamides is 1. The van der Waals surface area contributed by atoms with Crippen molar-refractivity contribution in [1.29, 1.82) is 0 Å². The van der Waals surface area contributed by atoms with Crippen LogP contribution in [0.15, 0.2) is 35.2 Å². The molecule has 0 unspecified atom stereocenters. The Labute approximate surface area is 134 Å². The van der Waals surface area contributed by atoms with Gasteiger partial charge in [0.15, 0.2) is 0 Å². The van der Waals surface area contributed by atoms with Crippen molar-refractivity contribution in [2.24, 2.45) is 0 Å². The van der Waals surface area contributed by atoms with Crippen LogP contribution < -0.4 is 5.32 Å². The second kappa shape index (κ2) is 6.20. The third kappa shape index (κ3) is 3.37. The molecule has 0 aliphatic heterocycles. The first-order valence-electron chi connectivity index (χ1n) is 6.63. The van der Waals surface area contributed by atoms with E-state index in [1.54, 1.807) is 12.1 Å². The molecule has 0 bridgehead atoms. The van der Waals surface area contributed by atoms with Crippen LogP contribution in [-0.2, 0) is 10.0 Å². The Morgan fingerprint density at radius 1 is 1.18 bits per heavy atom. The van der Waals surface area contributed by atoms with E-state index in [-0.39, 0.29) is 10.8 Å². The predicted molar refractivity (Wildman–Crippen MR) is 89.1 cm³/mol. The Morgan fingerprint density at radius 2 is 1.86 bits per heavy atom. The molecule has 1 aromatic heterocycles. The highest BCUT2D eigenvalue weighted by Crippen LogP contribution is 2.23. The topological polar surface area (TPSA) is 66.5 Å². The van der Waals surface area contributed by atoms with E-state index in [4.69, 9.17) is 0 Å². The molecule has 0 saturated heterocycles. The van der Waals surface area contributed by atoms with Crippen LogP contribution in [0.5, 0.6) is 0 Å². The predicted octanol–water partition coefficient (Wildman–Crippen LogP) is 2.87. The van der Waals surface area contributed by atoms with Gasteiger partial charge in [0, 0.05) is 24.7 Å². The Morgan fingerprint density at radius 3 is 2.41 bits per heavy atom. The van der Waals surface area contributed by atoms with E-state index in [1.807, 2.05) is 19.9 Å².